The molecule has 2 rings (SSSR count). The predicted molar refractivity (Wildman–Crippen MR) is 103 cm³/mol. The second-order valence-corrected chi connectivity index (χ2v) is 8.47. The molecule has 1 N–H and O–H groups in total. The van der Waals surface area contributed by atoms with Crippen molar-refractivity contribution in [2.45, 2.75) is 96.8 Å². The van der Waals surface area contributed by atoms with Crippen LogP contribution in [0.5, 0.6) is 0 Å². The van der Waals surface area contributed by atoms with Crippen LogP contribution in [-0.4, -0.2) is 24.3 Å². The van der Waals surface area contributed by atoms with E-state index in [9.17, 15) is 4.79 Å². The largest absolute Gasteiger partial charge is 0.481 e. The van der Waals surface area contributed by atoms with Gasteiger partial charge in [-0.3, -0.25) is 4.79 Å². The van der Waals surface area contributed by atoms with Gasteiger partial charge < -0.3 is 9.84 Å². The van der Waals surface area contributed by atoms with E-state index in [2.05, 4.69) is 6.92 Å². The molecule has 0 spiro atoms. The summed E-state index contributed by atoms with van der Waals surface area (Å²) in [7, 11) is 0. The molecular weight excluding hydrogens is 312 g/mol. The quantitative estimate of drug-likeness (QED) is 0.364. The van der Waals surface area contributed by atoms with Crippen molar-refractivity contribution in [1.82, 2.24) is 0 Å². The molecule has 25 heavy (non-hydrogen) atoms. The van der Waals surface area contributed by atoms with Crippen LogP contribution in [-0.2, 0) is 9.53 Å². The molecule has 0 heterocycles. The van der Waals surface area contributed by atoms with Crippen LogP contribution in [0.3, 0.4) is 0 Å². The Balaban J connectivity index is 1.57. The van der Waals surface area contributed by atoms with Gasteiger partial charge in [0.2, 0.25) is 0 Å². The SMILES string of the molecule is CCCCCCOCCC1C2CCC(C2)C1CCCCCCC(=O)O. The van der Waals surface area contributed by atoms with Crippen molar-refractivity contribution in [3.05, 3.63) is 0 Å². The van der Waals surface area contributed by atoms with Crippen molar-refractivity contribution in [2.24, 2.45) is 23.7 Å². The van der Waals surface area contributed by atoms with Gasteiger partial charge in [-0.1, -0.05) is 45.4 Å². The zero-order chi connectivity index (χ0) is 17.9. The van der Waals surface area contributed by atoms with E-state index in [4.69, 9.17) is 9.84 Å². The van der Waals surface area contributed by atoms with E-state index in [1.165, 1.54) is 70.6 Å². The van der Waals surface area contributed by atoms with Gasteiger partial charge in [0, 0.05) is 19.6 Å². The first-order valence-corrected chi connectivity index (χ1v) is 11.0. The zero-order valence-corrected chi connectivity index (χ0v) is 16.4. The fourth-order valence-corrected chi connectivity index (χ4v) is 5.39. The van der Waals surface area contributed by atoms with Crippen LogP contribution >= 0.6 is 0 Å². The molecule has 4 unspecified atom stereocenters. The number of aliphatic carboxylic acids is 1. The minimum atomic E-state index is -0.650. The molecule has 2 aliphatic carbocycles. The zero-order valence-electron chi connectivity index (χ0n) is 16.4. The Morgan fingerprint density at radius 2 is 1.56 bits per heavy atom. The molecule has 0 aliphatic heterocycles. The Bertz CT molecular complexity index is 368. The number of hydrogen-bond acceptors (Lipinski definition) is 2. The lowest BCUT2D eigenvalue weighted by Crippen LogP contribution is -2.24. The Hall–Kier alpha value is -0.570. The van der Waals surface area contributed by atoms with Crippen molar-refractivity contribution < 1.29 is 14.6 Å². The third kappa shape index (κ3) is 7.29. The summed E-state index contributed by atoms with van der Waals surface area (Å²) in [6, 6.07) is 0. The van der Waals surface area contributed by atoms with Crippen molar-refractivity contribution in [3.8, 4) is 0 Å². The van der Waals surface area contributed by atoms with Crippen molar-refractivity contribution in [2.75, 3.05) is 13.2 Å². The molecule has 2 aliphatic rings. The average Bonchev–Trinajstić information content (AvgIpc) is 3.19. The summed E-state index contributed by atoms with van der Waals surface area (Å²) in [5, 5.41) is 8.70. The van der Waals surface area contributed by atoms with Crippen molar-refractivity contribution in [3.63, 3.8) is 0 Å². The predicted octanol–water partition coefficient (Wildman–Crippen LogP) is 6.06. The number of carboxylic acid groups (broad SMARTS) is 1. The molecule has 0 aromatic carbocycles. The standard InChI is InChI=1S/C22H40O3/c1-2-3-4-9-15-25-16-14-21-19-13-12-18(17-19)20(21)10-7-5-6-8-11-22(23)24/h18-21H,2-17H2,1H3,(H,23,24). The lowest BCUT2D eigenvalue weighted by molar-refractivity contribution is -0.137. The van der Waals surface area contributed by atoms with Gasteiger partial charge in [0.05, 0.1) is 0 Å². The summed E-state index contributed by atoms with van der Waals surface area (Å²) in [6.45, 7) is 4.17. The highest BCUT2D eigenvalue weighted by atomic mass is 16.5. The fourth-order valence-electron chi connectivity index (χ4n) is 5.39. The third-order valence-electron chi connectivity index (χ3n) is 6.69. The van der Waals surface area contributed by atoms with Gasteiger partial charge in [-0.05, 0) is 68.6 Å². The lowest BCUT2D eigenvalue weighted by Gasteiger charge is -2.31. The summed E-state index contributed by atoms with van der Waals surface area (Å²) in [4.78, 5) is 10.6. The van der Waals surface area contributed by atoms with Crippen LogP contribution in [0.2, 0.25) is 0 Å². The van der Waals surface area contributed by atoms with Gasteiger partial charge in [-0.25, -0.2) is 0 Å². The van der Waals surface area contributed by atoms with Crippen LogP contribution in [0.4, 0.5) is 0 Å². The molecule has 2 saturated carbocycles. The number of carbonyl (C=O) groups is 1. The molecule has 3 heteroatoms. The molecule has 0 aromatic rings. The number of ether oxygens (including phenoxy) is 1. The Morgan fingerprint density at radius 1 is 0.880 bits per heavy atom. The van der Waals surface area contributed by atoms with E-state index >= 15 is 0 Å². The third-order valence-corrected chi connectivity index (χ3v) is 6.69. The van der Waals surface area contributed by atoms with Gasteiger partial charge in [0.15, 0.2) is 0 Å². The molecule has 2 fully saturated rings. The maximum atomic E-state index is 10.6. The van der Waals surface area contributed by atoms with Crippen LogP contribution < -0.4 is 0 Å². The highest BCUT2D eigenvalue weighted by molar-refractivity contribution is 5.66. The molecule has 2 bridgehead atoms. The van der Waals surface area contributed by atoms with Crippen LogP contribution in [0.1, 0.15) is 96.8 Å². The number of carboxylic acids is 1. The molecule has 0 radical (unpaired) electrons. The smallest absolute Gasteiger partial charge is 0.303 e. The molecular formula is C22H40O3. The van der Waals surface area contributed by atoms with Gasteiger partial charge in [-0.15, -0.1) is 0 Å². The highest BCUT2D eigenvalue weighted by Crippen LogP contribution is 2.55. The van der Waals surface area contributed by atoms with E-state index in [1.54, 1.807) is 0 Å². The molecule has 4 atom stereocenters. The Kier molecular flexibility index (Phi) is 9.90. The normalized spacial score (nSPS) is 27.9. The minimum Gasteiger partial charge on any atom is -0.481 e. The summed E-state index contributed by atoms with van der Waals surface area (Å²) in [6.07, 6.45) is 17.0. The number of fused-ring (bicyclic) bond motifs is 2. The summed E-state index contributed by atoms with van der Waals surface area (Å²) in [5.74, 6) is 3.16. The van der Waals surface area contributed by atoms with Crippen LogP contribution in [0.25, 0.3) is 0 Å². The fraction of sp³-hybridized carbons (Fsp3) is 0.955. The molecule has 146 valence electrons. The van der Waals surface area contributed by atoms with E-state index in [-0.39, 0.29) is 0 Å². The van der Waals surface area contributed by atoms with E-state index < -0.39 is 5.97 Å². The average molecular weight is 353 g/mol. The topological polar surface area (TPSA) is 46.5 Å². The molecule has 0 amide bonds. The first kappa shape index (κ1) is 20.7. The van der Waals surface area contributed by atoms with E-state index in [0.29, 0.717) is 6.42 Å². The van der Waals surface area contributed by atoms with E-state index in [1.807, 2.05) is 0 Å². The van der Waals surface area contributed by atoms with Gasteiger partial charge in [-0.2, -0.15) is 0 Å². The van der Waals surface area contributed by atoms with Crippen LogP contribution in [0.15, 0.2) is 0 Å². The molecule has 0 saturated heterocycles. The number of rotatable bonds is 15. The van der Waals surface area contributed by atoms with Gasteiger partial charge in [0.25, 0.3) is 0 Å². The Morgan fingerprint density at radius 3 is 2.28 bits per heavy atom. The van der Waals surface area contributed by atoms with Crippen molar-refractivity contribution in [1.29, 1.82) is 0 Å². The first-order valence-electron chi connectivity index (χ1n) is 11.0. The maximum absolute atomic E-state index is 10.6. The second-order valence-electron chi connectivity index (χ2n) is 8.47. The summed E-state index contributed by atoms with van der Waals surface area (Å²) in [5.41, 5.74) is 0. The number of unbranched alkanes of at least 4 members (excludes halogenated alkanes) is 6. The first-order chi connectivity index (χ1) is 12.2. The number of hydrogen-bond donors (Lipinski definition) is 1. The summed E-state index contributed by atoms with van der Waals surface area (Å²) >= 11 is 0. The molecule has 0 aromatic heterocycles. The van der Waals surface area contributed by atoms with Gasteiger partial charge in [0.1, 0.15) is 0 Å². The molecule has 3 nitrogen and oxygen atoms in total. The summed E-state index contributed by atoms with van der Waals surface area (Å²) < 4.78 is 5.92. The monoisotopic (exact) mass is 352 g/mol. The highest BCUT2D eigenvalue weighted by Gasteiger charge is 2.46. The minimum absolute atomic E-state index is 0.340. The van der Waals surface area contributed by atoms with Gasteiger partial charge >= 0.3 is 5.97 Å². The Labute approximate surface area is 154 Å². The van der Waals surface area contributed by atoms with Crippen LogP contribution in [0, 0.1) is 23.7 Å². The van der Waals surface area contributed by atoms with E-state index in [0.717, 1.165) is 49.7 Å². The second kappa shape index (κ2) is 11.9. The maximum Gasteiger partial charge on any atom is 0.303 e. The lowest BCUT2D eigenvalue weighted by atomic mass is 9.75. The van der Waals surface area contributed by atoms with Crippen molar-refractivity contribution >= 4 is 5.97 Å².